The number of hydrogen-bond donors (Lipinski definition) is 4. The van der Waals surface area contributed by atoms with Gasteiger partial charge in [-0.25, -0.2) is 14.1 Å². The topological polar surface area (TPSA) is 180 Å². The van der Waals surface area contributed by atoms with Gasteiger partial charge in [0.15, 0.2) is 11.4 Å². The lowest BCUT2D eigenvalue weighted by Gasteiger charge is -2.30. The molecule has 0 bridgehead atoms. The van der Waals surface area contributed by atoms with Crippen molar-refractivity contribution in [2.24, 2.45) is 5.92 Å². The molecule has 13 nitrogen and oxygen atoms in total. The van der Waals surface area contributed by atoms with Crippen molar-refractivity contribution in [3.05, 3.63) is 54.5 Å². The summed E-state index contributed by atoms with van der Waals surface area (Å²) in [7, 11) is -4.35. The molecule has 226 valence electrons. The fourth-order valence-corrected chi connectivity index (χ4v) is 7.93. The minimum absolute atomic E-state index is 0.217. The number of fused-ring (bicyclic) bond motifs is 2. The second-order valence-electron chi connectivity index (χ2n) is 11.6. The van der Waals surface area contributed by atoms with Crippen molar-refractivity contribution >= 4 is 25.1 Å². The minimum Gasteiger partial charge on any atom is -0.461 e. The summed E-state index contributed by atoms with van der Waals surface area (Å²) in [6.07, 6.45) is 1.13. The number of hydrogen-bond acceptors (Lipinski definition) is 11. The molecule has 2 unspecified atom stereocenters. The van der Waals surface area contributed by atoms with Crippen LogP contribution in [0.15, 0.2) is 48.8 Å². The number of nitrogens with two attached hydrogens (primary N) is 1. The van der Waals surface area contributed by atoms with Gasteiger partial charge in [-0.15, -0.1) is 0 Å². The Hall–Kier alpha value is -3.06. The van der Waals surface area contributed by atoms with Crippen LogP contribution in [0.2, 0.25) is 0 Å². The molecule has 42 heavy (non-hydrogen) atoms. The molecular formula is C28H36N5O8P. The highest BCUT2D eigenvalue weighted by Gasteiger charge is 2.87. The predicted octanol–water partition coefficient (Wildman–Crippen LogP) is 2.92. The number of aliphatic hydroxyl groups excluding tert-OH is 1. The number of nitrogens with zero attached hydrogens (tertiary/aromatic N) is 3. The molecule has 3 heterocycles. The molecule has 2 saturated carbocycles. The van der Waals surface area contributed by atoms with Gasteiger partial charge in [0.25, 0.3) is 0 Å². The van der Waals surface area contributed by atoms with Gasteiger partial charge in [0, 0.05) is 0 Å². The number of rotatable bonds is 9. The van der Waals surface area contributed by atoms with Crippen LogP contribution in [-0.2, 0) is 23.4 Å². The van der Waals surface area contributed by atoms with Crippen molar-refractivity contribution in [3.8, 4) is 5.75 Å². The lowest BCUT2D eigenvalue weighted by molar-refractivity contribution is -0.155. The smallest absolute Gasteiger partial charge is 0.459 e. The van der Waals surface area contributed by atoms with Crippen molar-refractivity contribution in [1.29, 1.82) is 0 Å². The van der Waals surface area contributed by atoms with Crippen LogP contribution >= 0.6 is 7.75 Å². The highest BCUT2D eigenvalue weighted by Crippen LogP contribution is 2.68. The van der Waals surface area contributed by atoms with E-state index in [0.29, 0.717) is 11.2 Å². The first-order valence-corrected chi connectivity index (χ1v) is 15.7. The summed E-state index contributed by atoms with van der Waals surface area (Å²) in [4.78, 5) is 17.0. The average molecular weight is 602 g/mol. The molecule has 0 amide bonds. The molecule has 6 rings (SSSR count). The first-order valence-electron chi connectivity index (χ1n) is 14.1. The SMILES string of the molecule is C[C@H](NP(=O)(Oc1ccccc1)OC1[C@@]2(C)O[C@@H](c3ccc4c(N)ncnn34)[C@H](O)[C@@]12O)C(=O)O[C@H]1CCCC[C@@H]1C. The van der Waals surface area contributed by atoms with E-state index in [1.807, 2.05) is 6.92 Å². The van der Waals surface area contributed by atoms with Crippen molar-refractivity contribution in [3.63, 3.8) is 0 Å². The van der Waals surface area contributed by atoms with Gasteiger partial charge in [-0.2, -0.15) is 10.2 Å². The summed E-state index contributed by atoms with van der Waals surface area (Å²) in [6.45, 7) is 5.11. The zero-order valence-corrected chi connectivity index (χ0v) is 24.5. The zero-order chi connectivity index (χ0) is 29.9. The standard InChI is InChI=1S/C28H36N5O8P/c1-16-9-7-8-12-21(16)38-25(35)17(2)32-42(37,40-18-10-5-4-6-11-18)41-26-27(3)28(26,36)23(34)22(39-27)19-13-14-20-24(29)30-15-31-33(19)20/h4-6,10-11,13-17,21-23,26,34,36H,7-9,12H2,1-3H3,(H,32,37)(H2,29,30,31)/t16-,17-,21-,22-,23-,26?,27+,28+,42?/m0/s1. The number of carbonyl (C=O) groups excluding carboxylic acids is 1. The predicted molar refractivity (Wildman–Crippen MR) is 150 cm³/mol. The number of benzene rings is 1. The molecule has 2 aliphatic carbocycles. The minimum atomic E-state index is -4.35. The van der Waals surface area contributed by atoms with Crippen LogP contribution in [0, 0.1) is 5.92 Å². The van der Waals surface area contributed by atoms with Crippen molar-refractivity contribution in [2.75, 3.05) is 5.73 Å². The number of esters is 1. The largest absolute Gasteiger partial charge is 0.461 e. The van der Waals surface area contributed by atoms with Gasteiger partial charge in [0.05, 0.1) is 5.69 Å². The van der Waals surface area contributed by atoms with E-state index in [0.717, 1.165) is 25.7 Å². The van der Waals surface area contributed by atoms with Gasteiger partial charge in [-0.3, -0.25) is 9.32 Å². The molecule has 3 fully saturated rings. The van der Waals surface area contributed by atoms with E-state index in [2.05, 4.69) is 15.2 Å². The van der Waals surface area contributed by atoms with Crippen molar-refractivity contribution in [1.82, 2.24) is 19.7 Å². The van der Waals surface area contributed by atoms with Gasteiger partial charge in [-0.05, 0) is 63.3 Å². The van der Waals surface area contributed by atoms with E-state index in [4.69, 9.17) is 24.3 Å². The van der Waals surface area contributed by atoms with E-state index >= 15 is 0 Å². The van der Waals surface area contributed by atoms with Gasteiger partial charge < -0.3 is 29.9 Å². The third kappa shape index (κ3) is 4.78. The van der Waals surface area contributed by atoms with Gasteiger partial charge in [0.1, 0.15) is 53.7 Å². The molecule has 2 aromatic heterocycles. The normalized spacial score (nSPS) is 34.4. The fourth-order valence-electron chi connectivity index (χ4n) is 6.15. The maximum absolute atomic E-state index is 14.2. The monoisotopic (exact) mass is 601 g/mol. The maximum Gasteiger partial charge on any atom is 0.459 e. The lowest BCUT2D eigenvalue weighted by atomic mass is 9.88. The molecule has 0 radical (unpaired) electrons. The number of aromatic nitrogens is 3. The van der Waals surface area contributed by atoms with Crippen LogP contribution in [0.5, 0.6) is 5.75 Å². The summed E-state index contributed by atoms with van der Waals surface area (Å²) in [5, 5.41) is 29.8. The Balaban J connectivity index is 1.21. The quantitative estimate of drug-likeness (QED) is 0.208. The second-order valence-corrected chi connectivity index (χ2v) is 13.2. The summed E-state index contributed by atoms with van der Waals surface area (Å²) >= 11 is 0. The Labute approximate surface area is 242 Å². The average Bonchev–Trinajstić information content (AvgIpc) is 3.24. The first-order chi connectivity index (χ1) is 20.0. The van der Waals surface area contributed by atoms with Crippen LogP contribution in [0.3, 0.4) is 0 Å². The number of nitrogens with one attached hydrogen (secondary N) is 1. The Morgan fingerprint density at radius 1 is 1.24 bits per heavy atom. The maximum atomic E-state index is 14.2. The molecule has 14 heteroatoms. The van der Waals surface area contributed by atoms with Crippen LogP contribution in [0.1, 0.15) is 58.3 Å². The van der Waals surface area contributed by atoms with Gasteiger partial charge >= 0.3 is 13.7 Å². The molecule has 0 spiro atoms. The van der Waals surface area contributed by atoms with Crippen LogP contribution < -0.4 is 15.3 Å². The van der Waals surface area contributed by atoms with Gasteiger partial charge in [-0.1, -0.05) is 31.5 Å². The van der Waals surface area contributed by atoms with Gasteiger partial charge in [0.2, 0.25) is 0 Å². The van der Waals surface area contributed by atoms with Crippen molar-refractivity contribution < 1.29 is 38.1 Å². The highest BCUT2D eigenvalue weighted by atomic mass is 31.2. The number of para-hydroxylation sites is 1. The van der Waals surface area contributed by atoms with E-state index in [1.165, 1.54) is 17.8 Å². The second kappa shape index (κ2) is 10.6. The van der Waals surface area contributed by atoms with E-state index in [-0.39, 0.29) is 23.6 Å². The van der Waals surface area contributed by atoms with Crippen LogP contribution in [0.4, 0.5) is 5.82 Å². The van der Waals surface area contributed by atoms with Crippen molar-refractivity contribution in [2.45, 2.75) is 88.1 Å². The summed E-state index contributed by atoms with van der Waals surface area (Å²) in [5.74, 6) is 0.100. The highest BCUT2D eigenvalue weighted by molar-refractivity contribution is 7.52. The Kier molecular flexibility index (Phi) is 7.32. The molecule has 3 aliphatic rings. The fraction of sp³-hybridized carbons (Fsp3) is 0.536. The van der Waals surface area contributed by atoms with E-state index in [9.17, 15) is 19.6 Å². The zero-order valence-electron chi connectivity index (χ0n) is 23.6. The molecule has 5 N–H and O–H groups in total. The third-order valence-electron chi connectivity index (χ3n) is 8.74. The molecule has 9 atom stereocenters. The summed E-state index contributed by atoms with van der Waals surface area (Å²) < 4.78 is 39.3. The molecule has 1 aliphatic heterocycles. The van der Waals surface area contributed by atoms with E-state index in [1.54, 1.807) is 49.4 Å². The molecular weight excluding hydrogens is 565 g/mol. The lowest BCUT2D eigenvalue weighted by Crippen LogP contribution is -2.40. The van der Waals surface area contributed by atoms with E-state index < -0.39 is 49.3 Å². The molecule has 1 saturated heterocycles. The number of aliphatic hydroxyl groups is 2. The summed E-state index contributed by atoms with van der Waals surface area (Å²) in [5.41, 5.74) is 3.49. The Morgan fingerprint density at radius 3 is 2.67 bits per heavy atom. The van der Waals surface area contributed by atoms with Crippen LogP contribution in [0.25, 0.3) is 5.52 Å². The number of nitrogen functional groups attached to an aromatic ring is 1. The number of ether oxygens (including phenoxy) is 2. The number of anilines is 1. The summed E-state index contributed by atoms with van der Waals surface area (Å²) in [6, 6.07) is 10.6. The third-order valence-corrected chi connectivity index (χ3v) is 10.4. The molecule has 1 aromatic carbocycles. The number of carbonyl (C=O) groups is 1. The Morgan fingerprint density at radius 2 is 1.98 bits per heavy atom. The van der Waals surface area contributed by atoms with Crippen LogP contribution in [-0.4, -0.2) is 66.3 Å². The molecule has 3 aromatic rings. The first kappa shape index (κ1) is 29.0. The Bertz CT molecular complexity index is 1520.